The summed E-state index contributed by atoms with van der Waals surface area (Å²) in [5.41, 5.74) is 5.99. The Morgan fingerprint density at radius 1 is 1.00 bits per heavy atom. The highest BCUT2D eigenvalue weighted by atomic mass is 15.3. The van der Waals surface area contributed by atoms with Gasteiger partial charge in [0.15, 0.2) is 5.96 Å². The summed E-state index contributed by atoms with van der Waals surface area (Å²) in [5.74, 6) is 0.800. The van der Waals surface area contributed by atoms with Crippen molar-refractivity contribution in [3.8, 4) is 0 Å². The van der Waals surface area contributed by atoms with Gasteiger partial charge in [-0.25, -0.2) is 4.99 Å². The maximum atomic E-state index is 5.99. The minimum Gasteiger partial charge on any atom is -0.370 e. The maximum Gasteiger partial charge on any atom is 0.191 e. The van der Waals surface area contributed by atoms with Gasteiger partial charge < -0.3 is 10.6 Å². The fourth-order valence-electron chi connectivity index (χ4n) is 2.43. The Hall–Kier alpha value is -0.730. The zero-order chi connectivity index (χ0) is 9.80. The summed E-state index contributed by atoms with van der Waals surface area (Å²) in [5, 5.41) is 0. The predicted molar refractivity (Wildman–Crippen MR) is 59.3 cm³/mol. The van der Waals surface area contributed by atoms with E-state index in [9.17, 15) is 0 Å². The van der Waals surface area contributed by atoms with Crippen molar-refractivity contribution >= 4 is 5.96 Å². The van der Waals surface area contributed by atoms with Crippen molar-refractivity contribution in [3.63, 3.8) is 0 Å². The molecule has 2 N–H and O–H groups in total. The second-order valence-electron chi connectivity index (χ2n) is 4.47. The number of nitrogens with two attached hydrogens (primary N) is 1. The lowest BCUT2D eigenvalue weighted by molar-refractivity contribution is 0.431. The Morgan fingerprint density at radius 3 is 2.29 bits per heavy atom. The van der Waals surface area contributed by atoms with E-state index in [1.807, 2.05) is 0 Å². The summed E-state index contributed by atoms with van der Waals surface area (Å²) in [6.45, 7) is 2.23. The van der Waals surface area contributed by atoms with E-state index in [1.54, 1.807) is 0 Å². The quantitative estimate of drug-likeness (QED) is 0.511. The topological polar surface area (TPSA) is 41.6 Å². The smallest absolute Gasteiger partial charge is 0.191 e. The van der Waals surface area contributed by atoms with Crippen LogP contribution in [0.25, 0.3) is 0 Å². The van der Waals surface area contributed by atoms with E-state index in [-0.39, 0.29) is 0 Å². The van der Waals surface area contributed by atoms with Crippen molar-refractivity contribution in [2.24, 2.45) is 10.7 Å². The summed E-state index contributed by atoms with van der Waals surface area (Å²) in [7, 11) is 0. The number of hydrogen-bond donors (Lipinski definition) is 1. The van der Waals surface area contributed by atoms with Crippen molar-refractivity contribution in [3.05, 3.63) is 0 Å². The van der Waals surface area contributed by atoms with Crippen molar-refractivity contribution < 1.29 is 0 Å². The minimum absolute atomic E-state index is 0.518. The Bertz CT molecular complexity index is 201. The monoisotopic (exact) mass is 195 g/mol. The van der Waals surface area contributed by atoms with E-state index in [4.69, 9.17) is 5.73 Å². The Kier molecular flexibility index (Phi) is 3.27. The van der Waals surface area contributed by atoms with Crippen LogP contribution in [0.3, 0.4) is 0 Å². The van der Waals surface area contributed by atoms with E-state index in [2.05, 4.69) is 9.89 Å². The van der Waals surface area contributed by atoms with Gasteiger partial charge in [-0.1, -0.05) is 19.3 Å². The van der Waals surface area contributed by atoms with Crippen molar-refractivity contribution in [2.75, 3.05) is 13.1 Å². The van der Waals surface area contributed by atoms with E-state index in [0.29, 0.717) is 6.04 Å². The second-order valence-corrected chi connectivity index (χ2v) is 4.47. The van der Waals surface area contributed by atoms with E-state index in [0.717, 1.165) is 19.0 Å². The molecule has 0 atom stereocenters. The molecule has 1 aliphatic heterocycles. The molecule has 2 fully saturated rings. The predicted octanol–water partition coefficient (Wildman–Crippen LogP) is 1.73. The third-order valence-corrected chi connectivity index (χ3v) is 3.32. The Morgan fingerprint density at radius 2 is 1.64 bits per heavy atom. The Balaban J connectivity index is 1.87. The fourth-order valence-corrected chi connectivity index (χ4v) is 2.43. The van der Waals surface area contributed by atoms with Crippen LogP contribution in [0.2, 0.25) is 0 Å². The molecule has 1 saturated carbocycles. The molecule has 80 valence electrons. The highest BCUT2D eigenvalue weighted by Crippen LogP contribution is 2.20. The molecule has 0 bridgehead atoms. The van der Waals surface area contributed by atoms with Crippen LogP contribution < -0.4 is 5.73 Å². The first-order valence-electron chi connectivity index (χ1n) is 5.94. The standard InChI is InChI=1S/C11H21N3/c12-11(14-8-4-5-9-14)13-10-6-2-1-3-7-10/h10H,1-9H2,(H2,12,13). The Labute approximate surface area is 86.4 Å². The molecule has 0 unspecified atom stereocenters. The second kappa shape index (κ2) is 4.67. The van der Waals surface area contributed by atoms with Gasteiger partial charge in [-0.05, 0) is 25.7 Å². The normalized spacial score (nSPS) is 25.7. The third kappa shape index (κ3) is 2.40. The molecule has 3 heteroatoms. The maximum absolute atomic E-state index is 5.99. The van der Waals surface area contributed by atoms with Crippen LogP contribution in [0.4, 0.5) is 0 Å². The number of likely N-dealkylation sites (tertiary alicyclic amines) is 1. The summed E-state index contributed by atoms with van der Waals surface area (Å²) in [6.07, 6.45) is 9.10. The average molecular weight is 195 g/mol. The lowest BCUT2D eigenvalue weighted by atomic mass is 9.96. The van der Waals surface area contributed by atoms with Gasteiger partial charge in [-0.15, -0.1) is 0 Å². The SMILES string of the molecule is NC(=NC1CCCCC1)N1CCCC1. The number of rotatable bonds is 1. The molecule has 1 saturated heterocycles. The van der Waals surface area contributed by atoms with Gasteiger partial charge in [0.05, 0.1) is 6.04 Å². The molecule has 2 aliphatic rings. The number of aliphatic imine (C=N–C) groups is 1. The van der Waals surface area contributed by atoms with E-state index in [1.165, 1.54) is 44.9 Å². The molecule has 0 radical (unpaired) electrons. The lowest BCUT2D eigenvalue weighted by Crippen LogP contribution is -2.36. The third-order valence-electron chi connectivity index (χ3n) is 3.32. The fraction of sp³-hybridized carbons (Fsp3) is 0.909. The molecule has 14 heavy (non-hydrogen) atoms. The molecule has 2 rings (SSSR count). The van der Waals surface area contributed by atoms with Gasteiger partial charge in [0, 0.05) is 13.1 Å². The van der Waals surface area contributed by atoms with Crippen molar-refractivity contribution in [1.29, 1.82) is 0 Å². The van der Waals surface area contributed by atoms with Gasteiger partial charge in [-0.2, -0.15) is 0 Å². The van der Waals surface area contributed by atoms with E-state index >= 15 is 0 Å². The summed E-state index contributed by atoms with van der Waals surface area (Å²) < 4.78 is 0. The van der Waals surface area contributed by atoms with Crippen LogP contribution in [-0.2, 0) is 0 Å². The molecule has 3 nitrogen and oxygen atoms in total. The molecule has 0 spiro atoms. The van der Waals surface area contributed by atoms with Crippen LogP contribution in [0, 0.1) is 0 Å². The molecule has 0 aromatic carbocycles. The highest BCUT2D eigenvalue weighted by molar-refractivity contribution is 5.78. The number of nitrogens with zero attached hydrogens (tertiary/aromatic N) is 2. The lowest BCUT2D eigenvalue weighted by Gasteiger charge is -2.22. The van der Waals surface area contributed by atoms with Crippen LogP contribution in [0.1, 0.15) is 44.9 Å². The largest absolute Gasteiger partial charge is 0.370 e. The zero-order valence-corrected chi connectivity index (χ0v) is 8.91. The first-order valence-corrected chi connectivity index (χ1v) is 5.94. The van der Waals surface area contributed by atoms with E-state index < -0.39 is 0 Å². The summed E-state index contributed by atoms with van der Waals surface area (Å²) >= 11 is 0. The highest BCUT2D eigenvalue weighted by Gasteiger charge is 2.17. The molecule has 0 aromatic rings. The van der Waals surface area contributed by atoms with Gasteiger partial charge in [-0.3, -0.25) is 0 Å². The molecular weight excluding hydrogens is 174 g/mol. The molecule has 1 heterocycles. The summed E-state index contributed by atoms with van der Waals surface area (Å²) in [6, 6.07) is 0.518. The first kappa shape index (κ1) is 9.81. The van der Waals surface area contributed by atoms with Gasteiger partial charge in [0.2, 0.25) is 0 Å². The number of hydrogen-bond acceptors (Lipinski definition) is 1. The minimum atomic E-state index is 0.518. The van der Waals surface area contributed by atoms with Crippen molar-refractivity contribution in [1.82, 2.24) is 4.90 Å². The van der Waals surface area contributed by atoms with Crippen LogP contribution in [0.15, 0.2) is 4.99 Å². The average Bonchev–Trinajstić information content (AvgIpc) is 2.72. The van der Waals surface area contributed by atoms with Crippen LogP contribution >= 0.6 is 0 Å². The van der Waals surface area contributed by atoms with Gasteiger partial charge in [0.25, 0.3) is 0 Å². The molecule has 0 aromatic heterocycles. The number of guanidine groups is 1. The summed E-state index contributed by atoms with van der Waals surface area (Å²) in [4.78, 5) is 6.87. The van der Waals surface area contributed by atoms with Gasteiger partial charge in [0.1, 0.15) is 0 Å². The van der Waals surface area contributed by atoms with Crippen LogP contribution in [-0.4, -0.2) is 30.0 Å². The van der Waals surface area contributed by atoms with Crippen molar-refractivity contribution in [2.45, 2.75) is 51.0 Å². The first-order chi connectivity index (χ1) is 6.86. The molecule has 1 aliphatic carbocycles. The molecule has 0 amide bonds. The van der Waals surface area contributed by atoms with Crippen LogP contribution in [0.5, 0.6) is 0 Å². The van der Waals surface area contributed by atoms with Gasteiger partial charge >= 0.3 is 0 Å². The zero-order valence-electron chi connectivity index (χ0n) is 8.91. The molecular formula is C11H21N3.